The molecule has 0 spiro atoms. The van der Waals surface area contributed by atoms with Gasteiger partial charge in [0, 0.05) is 25.4 Å². The van der Waals surface area contributed by atoms with Crippen LogP contribution >= 0.6 is 23.2 Å². The molecular formula is C13H12Cl2N2O2. The predicted octanol–water partition coefficient (Wildman–Crippen LogP) is 1.95. The molecule has 0 radical (unpaired) electrons. The molecular weight excluding hydrogens is 287 g/mol. The Morgan fingerprint density at radius 1 is 1.32 bits per heavy atom. The summed E-state index contributed by atoms with van der Waals surface area (Å²) in [5, 5.41) is 3.55. The maximum Gasteiger partial charge on any atom is 0.255 e. The van der Waals surface area contributed by atoms with E-state index in [1.165, 1.54) is 0 Å². The average Bonchev–Trinajstić information content (AvgIpc) is 2.89. The summed E-state index contributed by atoms with van der Waals surface area (Å²) in [6.07, 6.45) is 0.498. The highest BCUT2D eigenvalue weighted by Crippen LogP contribution is 2.30. The number of halogens is 2. The smallest absolute Gasteiger partial charge is 0.255 e. The second-order valence-electron chi connectivity index (χ2n) is 4.95. The van der Waals surface area contributed by atoms with E-state index in [1.807, 2.05) is 0 Å². The molecule has 0 aliphatic carbocycles. The number of likely N-dealkylation sites (tertiary alicyclic amines) is 1. The Kier molecular flexibility index (Phi) is 3.15. The third-order valence-corrected chi connectivity index (χ3v) is 4.52. The van der Waals surface area contributed by atoms with Crippen molar-refractivity contribution in [2.45, 2.75) is 12.5 Å². The molecule has 2 amide bonds. The van der Waals surface area contributed by atoms with Gasteiger partial charge in [0.2, 0.25) is 5.91 Å². The summed E-state index contributed by atoms with van der Waals surface area (Å²) in [5.41, 5.74) is 0.417. The summed E-state index contributed by atoms with van der Waals surface area (Å²) < 4.78 is 0. The average molecular weight is 299 g/mol. The maximum atomic E-state index is 12.4. The molecule has 19 heavy (non-hydrogen) atoms. The molecule has 2 fully saturated rings. The highest BCUT2D eigenvalue weighted by Gasteiger charge is 2.41. The molecule has 0 unspecified atom stereocenters. The topological polar surface area (TPSA) is 49.4 Å². The van der Waals surface area contributed by atoms with Crippen molar-refractivity contribution in [3.63, 3.8) is 0 Å². The molecule has 2 aliphatic heterocycles. The van der Waals surface area contributed by atoms with Crippen molar-refractivity contribution in [1.29, 1.82) is 0 Å². The van der Waals surface area contributed by atoms with Crippen molar-refractivity contribution in [1.82, 2.24) is 10.2 Å². The molecule has 100 valence electrons. The van der Waals surface area contributed by atoms with Crippen molar-refractivity contribution >= 4 is 35.0 Å². The quantitative estimate of drug-likeness (QED) is 0.861. The van der Waals surface area contributed by atoms with Crippen LogP contribution in [0.25, 0.3) is 0 Å². The fourth-order valence-corrected chi connectivity index (χ4v) is 3.13. The zero-order valence-electron chi connectivity index (χ0n) is 10.0. The molecule has 0 saturated carbocycles. The molecule has 1 aromatic rings. The minimum absolute atomic E-state index is 0.0721. The van der Waals surface area contributed by atoms with Gasteiger partial charge in [0.15, 0.2) is 0 Å². The summed E-state index contributed by atoms with van der Waals surface area (Å²) in [6.45, 7) is 1.13. The third kappa shape index (κ3) is 2.19. The summed E-state index contributed by atoms with van der Waals surface area (Å²) >= 11 is 12.0. The lowest BCUT2D eigenvalue weighted by Crippen LogP contribution is -2.35. The first-order chi connectivity index (χ1) is 9.06. The monoisotopic (exact) mass is 298 g/mol. The molecule has 1 aromatic carbocycles. The van der Waals surface area contributed by atoms with E-state index in [1.54, 1.807) is 23.1 Å². The van der Waals surface area contributed by atoms with Crippen molar-refractivity contribution in [3.8, 4) is 0 Å². The van der Waals surface area contributed by atoms with Crippen molar-refractivity contribution in [2.24, 2.45) is 5.92 Å². The van der Waals surface area contributed by atoms with E-state index in [-0.39, 0.29) is 28.8 Å². The Hall–Kier alpha value is -1.26. The van der Waals surface area contributed by atoms with Gasteiger partial charge in [-0.25, -0.2) is 0 Å². The number of hydrogen-bond donors (Lipinski definition) is 1. The zero-order valence-corrected chi connectivity index (χ0v) is 11.5. The van der Waals surface area contributed by atoms with Gasteiger partial charge in [-0.2, -0.15) is 0 Å². The van der Waals surface area contributed by atoms with Gasteiger partial charge in [-0.3, -0.25) is 9.59 Å². The SMILES string of the molecule is O=C1C[C@H]2CN(C(=O)c3cccc(Cl)c3Cl)C[C@H]2N1. The molecule has 3 rings (SSSR count). The van der Waals surface area contributed by atoms with Crippen molar-refractivity contribution in [3.05, 3.63) is 33.8 Å². The van der Waals surface area contributed by atoms with E-state index in [0.29, 0.717) is 30.1 Å². The lowest BCUT2D eigenvalue weighted by molar-refractivity contribution is -0.119. The zero-order chi connectivity index (χ0) is 13.6. The molecule has 2 saturated heterocycles. The molecule has 1 N–H and O–H groups in total. The first-order valence-electron chi connectivity index (χ1n) is 6.09. The number of fused-ring (bicyclic) bond motifs is 1. The lowest BCUT2D eigenvalue weighted by atomic mass is 10.1. The van der Waals surface area contributed by atoms with Gasteiger partial charge in [-0.1, -0.05) is 29.3 Å². The predicted molar refractivity (Wildman–Crippen MR) is 72.4 cm³/mol. The van der Waals surface area contributed by atoms with Gasteiger partial charge in [0.25, 0.3) is 5.91 Å². The van der Waals surface area contributed by atoms with Gasteiger partial charge in [-0.05, 0) is 12.1 Å². The summed E-state index contributed by atoms with van der Waals surface area (Å²) in [5.74, 6) is 0.161. The maximum absolute atomic E-state index is 12.4. The highest BCUT2D eigenvalue weighted by molar-refractivity contribution is 6.43. The standard InChI is InChI=1S/C13H12Cl2N2O2/c14-9-3-1-2-8(12(9)15)13(19)17-5-7-4-11(18)16-10(7)6-17/h1-3,7,10H,4-6H2,(H,16,18)/t7-,10+/m0/s1. The Balaban J connectivity index is 1.79. The van der Waals surface area contributed by atoms with E-state index in [0.717, 1.165) is 0 Å². The number of rotatable bonds is 1. The summed E-state index contributed by atoms with van der Waals surface area (Å²) in [7, 11) is 0. The van der Waals surface area contributed by atoms with Gasteiger partial charge in [-0.15, -0.1) is 0 Å². The second-order valence-corrected chi connectivity index (χ2v) is 5.73. The number of hydrogen-bond acceptors (Lipinski definition) is 2. The minimum atomic E-state index is -0.129. The first kappa shape index (κ1) is 12.8. The van der Waals surface area contributed by atoms with E-state index >= 15 is 0 Å². The van der Waals surface area contributed by atoms with Gasteiger partial charge in [0.1, 0.15) is 0 Å². The molecule has 0 aromatic heterocycles. The number of nitrogens with zero attached hydrogens (tertiary/aromatic N) is 1. The second kappa shape index (κ2) is 4.69. The number of carbonyl (C=O) groups is 2. The summed E-state index contributed by atoms with van der Waals surface area (Å²) in [6, 6.07) is 5.11. The molecule has 0 bridgehead atoms. The van der Waals surface area contributed by atoms with Gasteiger partial charge < -0.3 is 10.2 Å². The van der Waals surface area contributed by atoms with E-state index in [4.69, 9.17) is 23.2 Å². The van der Waals surface area contributed by atoms with Gasteiger partial charge >= 0.3 is 0 Å². The molecule has 2 aliphatic rings. The fraction of sp³-hybridized carbons (Fsp3) is 0.385. The van der Waals surface area contributed by atoms with Crippen LogP contribution in [0.1, 0.15) is 16.8 Å². The van der Waals surface area contributed by atoms with Gasteiger partial charge in [0.05, 0.1) is 21.7 Å². The Morgan fingerprint density at radius 2 is 2.11 bits per heavy atom. The van der Waals surface area contributed by atoms with Crippen LogP contribution in [-0.2, 0) is 4.79 Å². The fourth-order valence-electron chi connectivity index (χ4n) is 2.75. The van der Waals surface area contributed by atoms with Crippen molar-refractivity contribution in [2.75, 3.05) is 13.1 Å². The van der Waals surface area contributed by atoms with Crippen LogP contribution in [0.2, 0.25) is 10.0 Å². The van der Waals surface area contributed by atoms with Crippen LogP contribution in [0, 0.1) is 5.92 Å². The van der Waals surface area contributed by atoms with Crippen LogP contribution in [-0.4, -0.2) is 35.8 Å². The summed E-state index contributed by atoms with van der Waals surface area (Å²) in [4.78, 5) is 25.4. The number of benzene rings is 1. The van der Waals surface area contributed by atoms with E-state index < -0.39 is 0 Å². The Morgan fingerprint density at radius 3 is 2.84 bits per heavy atom. The normalized spacial score (nSPS) is 25.4. The highest BCUT2D eigenvalue weighted by atomic mass is 35.5. The number of amides is 2. The number of carbonyl (C=O) groups excluding carboxylic acids is 2. The number of nitrogens with one attached hydrogen (secondary N) is 1. The third-order valence-electron chi connectivity index (χ3n) is 3.70. The molecule has 2 heterocycles. The van der Waals surface area contributed by atoms with Crippen LogP contribution in [0.4, 0.5) is 0 Å². The molecule has 6 heteroatoms. The first-order valence-corrected chi connectivity index (χ1v) is 6.84. The van der Waals surface area contributed by atoms with Crippen LogP contribution < -0.4 is 5.32 Å². The Labute approximate surface area is 120 Å². The van der Waals surface area contributed by atoms with E-state index in [9.17, 15) is 9.59 Å². The lowest BCUT2D eigenvalue weighted by Gasteiger charge is -2.18. The largest absolute Gasteiger partial charge is 0.351 e. The molecule has 2 atom stereocenters. The van der Waals surface area contributed by atoms with E-state index in [2.05, 4.69) is 5.32 Å². The minimum Gasteiger partial charge on any atom is -0.351 e. The van der Waals surface area contributed by atoms with Crippen LogP contribution in [0.5, 0.6) is 0 Å². The van der Waals surface area contributed by atoms with Crippen molar-refractivity contribution < 1.29 is 9.59 Å². The Bertz CT molecular complexity index is 546. The molecule has 4 nitrogen and oxygen atoms in total. The van der Waals surface area contributed by atoms with Crippen LogP contribution in [0.15, 0.2) is 18.2 Å². The van der Waals surface area contributed by atoms with Crippen LogP contribution in [0.3, 0.4) is 0 Å².